The van der Waals surface area contributed by atoms with Crippen LogP contribution in [0.5, 0.6) is 0 Å². The predicted octanol–water partition coefficient (Wildman–Crippen LogP) is 1.78. The average molecular weight is 290 g/mol. The van der Waals surface area contributed by atoms with Crippen LogP contribution in [-0.2, 0) is 12.7 Å². The topological polar surface area (TPSA) is 60.7 Å². The van der Waals surface area contributed by atoms with Gasteiger partial charge in [-0.1, -0.05) is 0 Å². The van der Waals surface area contributed by atoms with E-state index in [1.165, 1.54) is 4.57 Å². The van der Waals surface area contributed by atoms with E-state index in [0.29, 0.717) is 27.9 Å². The van der Waals surface area contributed by atoms with Gasteiger partial charge in [-0.3, -0.25) is 4.57 Å². The van der Waals surface area contributed by atoms with Crippen molar-refractivity contribution in [3.63, 3.8) is 0 Å². The second-order valence-electron chi connectivity index (χ2n) is 3.82. The van der Waals surface area contributed by atoms with E-state index in [2.05, 4.69) is 15.0 Å². The Morgan fingerprint density at radius 2 is 2.00 bits per heavy atom. The highest BCUT2D eigenvalue weighted by Crippen LogP contribution is 2.32. The first-order chi connectivity index (χ1) is 8.77. The highest BCUT2D eigenvalue weighted by Gasteiger charge is 2.34. The molecule has 0 aliphatic carbocycles. The Morgan fingerprint density at radius 3 is 2.53 bits per heavy atom. The third kappa shape index (κ3) is 2.98. The number of hydrogen-bond acceptors (Lipinski definition) is 5. The lowest BCUT2D eigenvalue weighted by atomic mass is 10.5. The molecule has 0 amide bonds. The summed E-state index contributed by atoms with van der Waals surface area (Å²) in [7, 11) is 0. The van der Waals surface area contributed by atoms with E-state index < -0.39 is 16.9 Å². The van der Waals surface area contributed by atoms with Crippen molar-refractivity contribution < 1.29 is 13.2 Å². The van der Waals surface area contributed by atoms with Gasteiger partial charge in [0.25, 0.3) is 0 Å². The monoisotopic (exact) mass is 290 g/mol. The number of thiazole rings is 1. The predicted molar refractivity (Wildman–Crippen MR) is 62.0 cm³/mol. The van der Waals surface area contributed by atoms with Crippen LogP contribution < -0.4 is 5.69 Å². The van der Waals surface area contributed by atoms with E-state index in [-0.39, 0.29) is 6.54 Å². The molecule has 0 spiro atoms. The van der Waals surface area contributed by atoms with Crippen molar-refractivity contribution in [3.05, 3.63) is 38.2 Å². The van der Waals surface area contributed by atoms with E-state index in [9.17, 15) is 18.0 Å². The first-order valence-electron chi connectivity index (χ1n) is 5.21. The summed E-state index contributed by atoms with van der Waals surface area (Å²) in [6.45, 7) is 3.16. The molecule has 2 aromatic rings. The van der Waals surface area contributed by atoms with Gasteiger partial charge in [0, 0.05) is 11.1 Å². The van der Waals surface area contributed by atoms with Crippen LogP contribution in [0, 0.1) is 13.8 Å². The van der Waals surface area contributed by atoms with E-state index in [0.717, 1.165) is 6.20 Å². The molecule has 5 nitrogen and oxygen atoms in total. The average Bonchev–Trinajstić information content (AvgIpc) is 2.71. The standard InChI is InChI=1S/C10H9F3N4OS/c1-5-15-6(2)17(9(18)16-5)4-7-3-14-8(19-7)10(11,12)13/h3H,4H2,1-2H3. The Balaban J connectivity index is 2.32. The summed E-state index contributed by atoms with van der Waals surface area (Å²) < 4.78 is 38.4. The number of aryl methyl sites for hydroxylation is 2. The van der Waals surface area contributed by atoms with Crippen molar-refractivity contribution >= 4 is 11.3 Å². The van der Waals surface area contributed by atoms with Crippen LogP contribution in [0.25, 0.3) is 0 Å². The largest absolute Gasteiger partial charge is 0.443 e. The van der Waals surface area contributed by atoms with Gasteiger partial charge in [0.05, 0.1) is 6.54 Å². The minimum Gasteiger partial charge on any atom is -0.275 e. The Bertz CT molecular complexity index is 662. The van der Waals surface area contributed by atoms with Crippen molar-refractivity contribution in [2.45, 2.75) is 26.6 Å². The molecule has 102 valence electrons. The Morgan fingerprint density at radius 1 is 1.32 bits per heavy atom. The van der Waals surface area contributed by atoms with Gasteiger partial charge in [0.2, 0.25) is 0 Å². The van der Waals surface area contributed by atoms with Crippen molar-refractivity contribution in [1.82, 2.24) is 19.5 Å². The number of halogens is 3. The van der Waals surface area contributed by atoms with Gasteiger partial charge < -0.3 is 0 Å². The van der Waals surface area contributed by atoms with Crippen molar-refractivity contribution in [3.8, 4) is 0 Å². The first-order valence-corrected chi connectivity index (χ1v) is 6.03. The Hall–Kier alpha value is -1.77. The molecular weight excluding hydrogens is 281 g/mol. The van der Waals surface area contributed by atoms with E-state index in [1.807, 2.05) is 0 Å². The third-order valence-corrected chi connectivity index (χ3v) is 3.34. The van der Waals surface area contributed by atoms with Gasteiger partial charge in [0.15, 0.2) is 5.01 Å². The molecule has 2 heterocycles. The molecule has 0 aromatic carbocycles. The lowest BCUT2D eigenvalue weighted by molar-refractivity contribution is -0.137. The lowest BCUT2D eigenvalue weighted by Crippen LogP contribution is -2.27. The molecule has 0 fully saturated rings. The molecule has 0 aliphatic heterocycles. The summed E-state index contributed by atoms with van der Waals surface area (Å²) in [5.41, 5.74) is -0.535. The van der Waals surface area contributed by atoms with Gasteiger partial charge in [-0.15, -0.1) is 11.3 Å². The smallest absolute Gasteiger partial charge is 0.275 e. The van der Waals surface area contributed by atoms with Crippen LogP contribution in [0.1, 0.15) is 21.5 Å². The van der Waals surface area contributed by atoms with Crippen molar-refractivity contribution in [2.75, 3.05) is 0 Å². The Labute approximate surface area is 109 Å². The molecule has 19 heavy (non-hydrogen) atoms. The molecule has 0 saturated carbocycles. The molecule has 0 aliphatic rings. The van der Waals surface area contributed by atoms with Gasteiger partial charge >= 0.3 is 11.9 Å². The zero-order valence-electron chi connectivity index (χ0n) is 10.0. The number of nitrogens with zero attached hydrogens (tertiary/aromatic N) is 4. The summed E-state index contributed by atoms with van der Waals surface area (Å²) in [5.74, 6) is 0.735. The fourth-order valence-corrected chi connectivity index (χ4v) is 2.27. The van der Waals surface area contributed by atoms with Gasteiger partial charge in [-0.2, -0.15) is 18.2 Å². The van der Waals surface area contributed by atoms with Crippen LogP contribution >= 0.6 is 11.3 Å². The molecule has 0 unspecified atom stereocenters. The van der Waals surface area contributed by atoms with E-state index in [4.69, 9.17) is 0 Å². The molecule has 0 atom stereocenters. The quantitative estimate of drug-likeness (QED) is 0.846. The van der Waals surface area contributed by atoms with E-state index in [1.54, 1.807) is 13.8 Å². The fourth-order valence-electron chi connectivity index (χ4n) is 1.51. The number of alkyl halides is 3. The van der Waals surface area contributed by atoms with Gasteiger partial charge in [-0.25, -0.2) is 14.8 Å². The van der Waals surface area contributed by atoms with Crippen molar-refractivity contribution in [1.29, 1.82) is 0 Å². The molecule has 9 heteroatoms. The summed E-state index contributed by atoms with van der Waals surface area (Å²) >= 11 is 0.505. The third-order valence-electron chi connectivity index (χ3n) is 2.31. The van der Waals surface area contributed by atoms with Crippen LogP contribution in [0.2, 0.25) is 0 Å². The van der Waals surface area contributed by atoms with Crippen LogP contribution in [0.3, 0.4) is 0 Å². The summed E-state index contributed by atoms with van der Waals surface area (Å²) in [6, 6.07) is 0. The van der Waals surface area contributed by atoms with Gasteiger partial charge in [0.1, 0.15) is 11.6 Å². The van der Waals surface area contributed by atoms with E-state index >= 15 is 0 Å². The van der Waals surface area contributed by atoms with Crippen LogP contribution in [0.4, 0.5) is 13.2 Å². The molecular formula is C10H9F3N4OS. The van der Waals surface area contributed by atoms with Crippen LogP contribution in [0.15, 0.2) is 11.0 Å². The zero-order valence-corrected chi connectivity index (χ0v) is 10.8. The van der Waals surface area contributed by atoms with Crippen molar-refractivity contribution in [2.24, 2.45) is 0 Å². The van der Waals surface area contributed by atoms with Gasteiger partial charge in [-0.05, 0) is 13.8 Å². The molecule has 0 bridgehead atoms. The second-order valence-corrected chi connectivity index (χ2v) is 4.93. The number of aromatic nitrogens is 4. The molecule has 0 N–H and O–H groups in total. The maximum atomic E-state index is 12.4. The second kappa shape index (κ2) is 4.72. The molecule has 2 aromatic heterocycles. The summed E-state index contributed by atoms with van der Waals surface area (Å²) in [6.07, 6.45) is -3.36. The molecule has 0 radical (unpaired) electrons. The normalized spacial score (nSPS) is 11.8. The minimum absolute atomic E-state index is 0.0152. The highest BCUT2D eigenvalue weighted by molar-refractivity contribution is 7.11. The first kappa shape index (κ1) is 13.7. The van der Waals surface area contributed by atoms with Crippen LogP contribution in [-0.4, -0.2) is 19.5 Å². The SMILES string of the molecule is Cc1nc(C)n(Cc2cnc(C(F)(F)F)s2)c(=O)n1. The number of hydrogen-bond donors (Lipinski definition) is 0. The number of rotatable bonds is 2. The maximum Gasteiger partial charge on any atom is 0.443 e. The lowest BCUT2D eigenvalue weighted by Gasteiger charge is -2.06. The molecule has 2 rings (SSSR count). The zero-order chi connectivity index (χ0) is 14.2. The summed E-state index contributed by atoms with van der Waals surface area (Å²) in [5, 5.41) is -0.929. The fraction of sp³-hybridized carbons (Fsp3) is 0.400. The summed E-state index contributed by atoms with van der Waals surface area (Å²) in [4.78, 5) is 22.9. The highest BCUT2D eigenvalue weighted by atomic mass is 32.1. The molecule has 0 saturated heterocycles. The minimum atomic E-state index is -4.47. The Kier molecular flexibility index (Phi) is 3.40. The maximum absolute atomic E-state index is 12.4.